The number of nitrogens with one attached hydrogen (secondary N) is 1. The molecule has 3 rings (SSSR count). The molecular formula is C20H17ClFN3O2. The summed E-state index contributed by atoms with van der Waals surface area (Å²) < 4.78 is 14.4. The van der Waals surface area contributed by atoms with Crippen molar-refractivity contribution in [3.63, 3.8) is 0 Å². The monoisotopic (exact) mass is 385 g/mol. The minimum Gasteiger partial charge on any atom is -0.354 e. The molecule has 3 aromatic rings. The maximum atomic E-state index is 13.0. The number of amides is 1. The average molecular weight is 386 g/mol. The van der Waals surface area contributed by atoms with E-state index in [1.807, 2.05) is 0 Å². The molecule has 1 heterocycles. The van der Waals surface area contributed by atoms with Crippen LogP contribution in [0.3, 0.4) is 0 Å². The van der Waals surface area contributed by atoms with Gasteiger partial charge in [-0.2, -0.15) is 0 Å². The first-order chi connectivity index (χ1) is 13.0. The van der Waals surface area contributed by atoms with Gasteiger partial charge in [0.05, 0.1) is 18.4 Å². The van der Waals surface area contributed by atoms with E-state index in [2.05, 4.69) is 10.3 Å². The van der Waals surface area contributed by atoms with Crippen molar-refractivity contribution in [2.75, 3.05) is 6.54 Å². The van der Waals surface area contributed by atoms with E-state index in [-0.39, 0.29) is 23.7 Å². The number of benzene rings is 2. The first-order valence-electron chi connectivity index (χ1n) is 8.35. The maximum absolute atomic E-state index is 13.0. The average Bonchev–Trinajstić information content (AvgIpc) is 2.65. The van der Waals surface area contributed by atoms with Crippen LogP contribution in [-0.4, -0.2) is 22.0 Å². The van der Waals surface area contributed by atoms with Crippen molar-refractivity contribution >= 4 is 17.5 Å². The molecule has 0 saturated heterocycles. The van der Waals surface area contributed by atoms with Crippen molar-refractivity contribution in [1.82, 2.24) is 14.9 Å². The number of hydrogen-bond donors (Lipinski definition) is 1. The predicted octanol–water partition coefficient (Wildman–Crippen LogP) is 3.06. The number of halogens is 2. The Kier molecular flexibility index (Phi) is 5.98. The van der Waals surface area contributed by atoms with Gasteiger partial charge < -0.3 is 5.32 Å². The Morgan fingerprint density at radius 3 is 2.48 bits per heavy atom. The second-order valence-electron chi connectivity index (χ2n) is 5.97. The number of rotatable bonds is 6. The largest absolute Gasteiger partial charge is 0.354 e. The van der Waals surface area contributed by atoms with Gasteiger partial charge in [0.15, 0.2) is 0 Å². The second-order valence-corrected chi connectivity index (χ2v) is 6.40. The van der Waals surface area contributed by atoms with Gasteiger partial charge in [-0.1, -0.05) is 23.7 Å². The third-order valence-corrected chi connectivity index (χ3v) is 4.22. The van der Waals surface area contributed by atoms with E-state index >= 15 is 0 Å². The van der Waals surface area contributed by atoms with Crippen LogP contribution in [0.4, 0.5) is 4.39 Å². The van der Waals surface area contributed by atoms with Gasteiger partial charge in [0.2, 0.25) is 5.91 Å². The summed E-state index contributed by atoms with van der Waals surface area (Å²) in [5, 5.41) is 3.39. The molecule has 0 radical (unpaired) electrons. The molecule has 0 fully saturated rings. The van der Waals surface area contributed by atoms with E-state index in [0.717, 1.165) is 5.56 Å². The molecule has 0 aliphatic heterocycles. The van der Waals surface area contributed by atoms with Crippen LogP contribution in [0.5, 0.6) is 0 Å². The molecule has 0 bridgehead atoms. The van der Waals surface area contributed by atoms with E-state index in [4.69, 9.17) is 11.6 Å². The number of nitrogens with zero attached hydrogens (tertiary/aromatic N) is 2. The highest BCUT2D eigenvalue weighted by atomic mass is 35.5. The van der Waals surface area contributed by atoms with Crippen LogP contribution in [0.2, 0.25) is 5.02 Å². The van der Waals surface area contributed by atoms with Gasteiger partial charge in [-0.3, -0.25) is 14.2 Å². The smallest absolute Gasteiger partial charge is 0.253 e. The SMILES string of the molecule is O=C(Cc1ccc(Cl)cc1)NCCn1cnc(-c2ccc(F)cc2)cc1=O. The zero-order valence-electron chi connectivity index (χ0n) is 14.4. The van der Waals surface area contributed by atoms with E-state index < -0.39 is 0 Å². The molecule has 27 heavy (non-hydrogen) atoms. The van der Waals surface area contributed by atoms with Crippen molar-refractivity contribution in [3.05, 3.63) is 87.7 Å². The zero-order valence-corrected chi connectivity index (χ0v) is 15.1. The first kappa shape index (κ1) is 18.8. The van der Waals surface area contributed by atoms with Crippen LogP contribution in [0.1, 0.15) is 5.56 Å². The van der Waals surface area contributed by atoms with E-state index in [1.54, 1.807) is 36.4 Å². The molecule has 0 unspecified atom stereocenters. The number of hydrogen-bond acceptors (Lipinski definition) is 3. The van der Waals surface area contributed by atoms with E-state index in [0.29, 0.717) is 29.4 Å². The van der Waals surface area contributed by atoms with Gasteiger partial charge in [-0.05, 0) is 42.0 Å². The van der Waals surface area contributed by atoms with E-state index in [1.165, 1.54) is 29.1 Å². The minimum absolute atomic E-state index is 0.138. The Hall–Kier alpha value is -2.99. The predicted molar refractivity (Wildman–Crippen MR) is 102 cm³/mol. The third kappa shape index (κ3) is 5.24. The highest BCUT2D eigenvalue weighted by Crippen LogP contribution is 2.15. The highest BCUT2D eigenvalue weighted by Gasteiger charge is 2.06. The standard InChI is InChI=1S/C20H17ClFN3O2/c21-16-5-1-14(2-6-16)11-19(26)23-9-10-25-13-24-18(12-20(25)27)15-3-7-17(22)8-4-15/h1-8,12-13H,9-11H2,(H,23,26). The quantitative estimate of drug-likeness (QED) is 0.709. The van der Waals surface area contributed by atoms with Gasteiger partial charge in [-0.15, -0.1) is 0 Å². The maximum Gasteiger partial charge on any atom is 0.253 e. The molecule has 138 valence electrons. The van der Waals surface area contributed by atoms with Gasteiger partial charge in [-0.25, -0.2) is 9.37 Å². The normalized spacial score (nSPS) is 10.6. The molecule has 5 nitrogen and oxygen atoms in total. The third-order valence-electron chi connectivity index (χ3n) is 3.97. The minimum atomic E-state index is -0.346. The van der Waals surface area contributed by atoms with Crippen molar-refractivity contribution in [2.24, 2.45) is 0 Å². The molecule has 0 saturated carbocycles. The fourth-order valence-electron chi connectivity index (χ4n) is 2.54. The van der Waals surface area contributed by atoms with Gasteiger partial charge >= 0.3 is 0 Å². The van der Waals surface area contributed by atoms with Crippen molar-refractivity contribution in [3.8, 4) is 11.3 Å². The van der Waals surface area contributed by atoms with Crippen LogP contribution in [0, 0.1) is 5.82 Å². The summed E-state index contributed by atoms with van der Waals surface area (Å²) in [7, 11) is 0. The Morgan fingerprint density at radius 1 is 1.11 bits per heavy atom. The summed E-state index contributed by atoms with van der Waals surface area (Å²) >= 11 is 5.82. The molecular weight excluding hydrogens is 369 g/mol. The summed E-state index contributed by atoms with van der Waals surface area (Å²) in [5.41, 5.74) is 1.76. The van der Waals surface area contributed by atoms with Crippen LogP contribution in [0.15, 0.2) is 65.7 Å². The number of carbonyl (C=O) groups excluding carboxylic acids is 1. The summed E-state index contributed by atoms with van der Waals surface area (Å²) in [6.07, 6.45) is 1.67. The first-order valence-corrected chi connectivity index (χ1v) is 8.72. The molecule has 0 aliphatic rings. The summed E-state index contributed by atoms with van der Waals surface area (Å²) in [6.45, 7) is 0.617. The molecule has 1 aromatic heterocycles. The molecule has 1 N–H and O–H groups in total. The molecule has 1 amide bonds. The molecule has 0 atom stereocenters. The van der Waals surface area contributed by atoms with Crippen molar-refractivity contribution in [2.45, 2.75) is 13.0 Å². The van der Waals surface area contributed by atoms with Gasteiger partial charge in [0, 0.05) is 29.7 Å². The second kappa shape index (κ2) is 8.60. The van der Waals surface area contributed by atoms with Crippen LogP contribution >= 0.6 is 11.6 Å². The fourth-order valence-corrected chi connectivity index (χ4v) is 2.66. The summed E-state index contributed by atoms with van der Waals surface area (Å²) in [5.74, 6) is -0.484. The van der Waals surface area contributed by atoms with Crippen LogP contribution in [0.25, 0.3) is 11.3 Å². The van der Waals surface area contributed by atoms with Crippen LogP contribution < -0.4 is 10.9 Å². The summed E-state index contributed by atoms with van der Waals surface area (Å²) in [4.78, 5) is 28.4. The Balaban J connectivity index is 1.55. The molecule has 7 heteroatoms. The lowest BCUT2D eigenvalue weighted by atomic mass is 10.1. The molecule has 0 aliphatic carbocycles. The van der Waals surface area contributed by atoms with Crippen molar-refractivity contribution in [1.29, 1.82) is 0 Å². The number of aromatic nitrogens is 2. The Labute approximate surface area is 160 Å². The Morgan fingerprint density at radius 2 is 1.81 bits per heavy atom. The Bertz CT molecular complexity index is 985. The van der Waals surface area contributed by atoms with E-state index in [9.17, 15) is 14.0 Å². The molecule has 0 spiro atoms. The lowest BCUT2D eigenvalue weighted by molar-refractivity contribution is -0.120. The number of carbonyl (C=O) groups is 1. The van der Waals surface area contributed by atoms with Crippen molar-refractivity contribution < 1.29 is 9.18 Å². The van der Waals surface area contributed by atoms with Crippen LogP contribution in [-0.2, 0) is 17.8 Å². The molecule has 2 aromatic carbocycles. The fraction of sp³-hybridized carbons (Fsp3) is 0.150. The summed E-state index contributed by atoms with van der Waals surface area (Å²) in [6, 6.07) is 14.2. The highest BCUT2D eigenvalue weighted by molar-refractivity contribution is 6.30. The van der Waals surface area contributed by atoms with Gasteiger partial charge in [0.1, 0.15) is 5.82 Å². The zero-order chi connectivity index (χ0) is 19.2. The lowest BCUT2D eigenvalue weighted by Gasteiger charge is -2.08. The topological polar surface area (TPSA) is 64.0 Å². The lowest BCUT2D eigenvalue weighted by Crippen LogP contribution is -2.31. The van der Waals surface area contributed by atoms with Gasteiger partial charge in [0.25, 0.3) is 5.56 Å².